The quantitative estimate of drug-likeness (QED) is 0.648. The number of fused-ring (bicyclic) bond motifs is 1. The first-order chi connectivity index (χ1) is 12.9. The molecule has 0 unspecified atom stereocenters. The Kier molecular flexibility index (Phi) is 5.28. The van der Waals surface area contributed by atoms with E-state index in [0.717, 1.165) is 0 Å². The molecule has 0 aliphatic rings. The third-order valence-electron chi connectivity index (χ3n) is 4.20. The van der Waals surface area contributed by atoms with Gasteiger partial charge in [-0.15, -0.1) is 0 Å². The second-order valence-corrected chi connectivity index (χ2v) is 8.10. The van der Waals surface area contributed by atoms with Crippen LogP contribution in [-0.4, -0.2) is 20.1 Å². The number of hydrogen-bond acceptors (Lipinski definition) is 6. The lowest BCUT2D eigenvalue weighted by Crippen LogP contribution is -2.18. The van der Waals surface area contributed by atoms with Gasteiger partial charge in [0.2, 0.25) is 11.2 Å². The summed E-state index contributed by atoms with van der Waals surface area (Å²) in [7, 11) is -0.577. The van der Waals surface area contributed by atoms with Crippen molar-refractivity contribution in [2.75, 3.05) is 14.2 Å². The van der Waals surface area contributed by atoms with Crippen molar-refractivity contribution in [2.45, 2.75) is 6.16 Å². The van der Waals surface area contributed by atoms with E-state index in [9.17, 15) is 14.2 Å². The Morgan fingerprint density at radius 3 is 2.30 bits per heavy atom. The van der Waals surface area contributed by atoms with Crippen molar-refractivity contribution in [2.24, 2.45) is 5.73 Å². The number of rotatable bonds is 6. The molecule has 1 heterocycles. The van der Waals surface area contributed by atoms with Gasteiger partial charge in [-0.25, -0.2) is 0 Å². The molecule has 2 aromatic carbocycles. The van der Waals surface area contributed by atoms with Crippen molar-refractivity contribution in [3.05, 3.63) is 70.1 Å². The van der Waals surface area contributed by atoms with Crippen LogP contribution in [0, 0.1) is 0 Å². The monoisotopic (exact) mass is 387 g/mol. The first-order valence-electron chi connectivity index (χ1n) is 8.04. The van der Waals surface area contributed by atoms with Crippen molar-refractivity contribution in [1.82, 2.24) is 0 Å². The molecular formula is C19H18NO6P. The third-order valence-corrected chi connectivity index (χ3v) is 6.06. The van der Waals surface area contributed by atoms with E-state index in [-0.39, 0.29) is 28.5 Å². The van der Waals surface area contributed by atoms with Gasteiger partial charge in [-0.2, -0.15) is 0 Å². The molecule has 0 bridgehead atoms. The zero-order valence-corrected chi connectivity index (χ0v) is 15.7. The van der Waals surface area contributed by atoms with E-state index in [1.165, 1.54) is 14.2 Å². The lowest BCUT2D eigenvalue weighted by molar-refractivity contribution is 0.0975. The van der Waals surface area contributed by atoms with Gasteiger partial charge in [-0.05, 0) is 23.3 Å². The Labute approximate surface area is 155 Å². The number of nitrogens with two attached hydrogens (primary N) is 1. The number of hydrogen-bond donors (Lipinski definition) is 1. The topological polar surface area (TPSA) is 109 Å². The minimum absolute atomic E-state index is 0.0787. The highest BCUT2D eigenvalue weighted by atomic mass is 31.2. The number of carbonyl (C=O) groups is 1. The Bertz CT molecular complexity index is 1100. The molecule has 0 aliphatic carbocycles. The summed E-state index contributed by atoms with van der Waals surface area (Å²) in [5.41, 5.74) is 6.61. The minimum Gasteiger partial charge on any atom is -0.450 e. The van der Waals surface area contributed by atoms with E-state index in [2.05, 4.69) is 0 Å². The highest BCUT2D eigenvalue weighted by Crippen LogP contribution is 2.49. The van der Waals surface area contributed by atoms with Crippen molar-refractivity contribution in [3.63, 3.8) is 0 Å². The smallest absolute Gasteiger partial charge is 0.334 e. The molecule has 0 spiro atoms. The van der Waals surface area contributed by atoms with Gasteiger partial charge in [0.25, 0.3) is 5.91 Å². The van der Waals surface area contributed by atoms with Crippen LogP contribution < -0.4 is 11.2 Å². The van der Waals surface area contributed by atoms with Gasteiger partial charge in [-0.1, -0.05) is 36.4 Å². The molecule has 3 aromatic rings. The van der Waals surface area contributed by atoms with Gasteiger partial charge in [0.05, 0.1) is 17.1 Å². The standard InChI is InChI=1S/C19H18NO6P/c1-24-27(23,25-2)11-12-7-9-13(10-8-12)16-17(21)14-5-3-4-6-15(14)26-18(16)19(20)22/h3-10H,11H2,1-2H3,(H2,20,22). The number of amides is 1. The summed E-state index contributed by atoms with van der Waals surface area (Å²) in [5, 5.41) is 0.352. The van der Waals surface area contributed by atoms with E-state index in [4.69, 9.17) is 19.2 Å². The second kappa shape index (κ2) is 7.48. The summed E-state index contributed by atoms with van der Waals surface area (Å²) in [6.07, 6.45) is 0.0787. The Hall–Kier alpha value is -2.73. The maximum absolute atomic E-state index is 12.9. The molecule has 0 saturated heterocycles. The number of primary amides is 1. The van der Waals surface area contributed by atoms with E-state index >= 15 is 0 Å². The summed E-state index contributed by atoms with van der Waals surface area (Å²) in [4.78, 5) is 24.8. The van der Waals surface area contributed by atoms with Crippen LogP contribution in [-0.2, 0) is 19.8 Å². The normalized spacial score (nSPS) is 11.6. The molecule has 3 rings (SSSR count). The van der Waals surface area contributed by atoms with Crippen LogP contribution in [0.3, 0.4) is 0 Å². The van der Waals surface area contributed by atoms with E-state index in [1.54, 1.807) is 48.5 Å². The first-order valence-corrected chi connectivity index (χ1v) is 9.77. The van der Waals surface area contributed by atoms with Crippen LogP contribution in [0.15, 0.2) is 57.7 Å². The maximum Gasteiger partial charge on any atom is 0.334 e. The van der Waals surface area contributed by atoms with Crippen molar-refractivity contribution in [1.29, 1.82) is 0 Å². The van der Waals surface area contributed by atoms with E-state index in [0.29, 0.717) is 16.5 Å². The van der Waals surface area contributed by atoms with Gasteiger partial charge in [0, 0.05) is 14.2 Å². The average molecular weight is 387 g/mol. The van der Waals surface area contributed by atoms with Gasteiger partial charge < -0.3 is 19.2 Å². The van der Waals surface area contributed by atoms with Crippen LogP contribution in [0.4, 0.5) is 0 Å². The zero-order valence-electron chi connectivity index (χ0n) is 14.8. The largest absolute Gasteiger partial charge is 0.450 e. The molecule has 0 radical (unpaired) electrons. The molecular weight excluding hydrogens is 369 g/mol. The van der Waals surface area contributed by atoms with Crippen molar-refractivity contribution in [3.8, 4) is 11.1 Å². The fourth-order valence-electron chi connectivity index (χ4n) is 2.78. The Morgan fingerprint density at radius 2 is 1.70 bits per heavy atom. The maximum atomic E-state index is 12.9. The first kappa shape index (κ1) is 19.0. The summed E-state index contributed by atoms with van der Waals surface area (Å²) >= 11 is 0. The summed E-state index contributed by atoms with van der Waals surface area (Å²) in [6, 6.07) is 13.3. The zero-order chi connectivity index (χ0) is 19.6. The predicted octanol–water partition coefficient (Wildman–Crippen LogP) is 3.54. The molecule has 1 amide bonds. The van der Waals surface area contributed by atoms with Crippen LogP contribution in [0.25, 0.3) is 22.1 Å². The predicted molar refractivity (Wildman–Crippen MR) is 102 cm³/mol. The average Bonchev–Trinajstić information content (AvgIpc) is 2.68. The number of carbonyl (C=O) groups excluding carboxylic acids is 1. The molecule has 1 aromatic heterocycles. The fraction of sp³-hybridized carbons (Fsp3) is 0.158. The van der Waals surface area contributed by atoms with Crippen LogP contribution in [0.2, 0.25) is 0 Å². The molecule has 0 saturated carbocycles. The molecule has 0 atom stereocenters. The van der Waals surface area contributed by atoms with Crippen LogP contribution in [0.5, 0.6) is 0 Å². The molecule has 2 N–H and O–H groups in total. The Balaban J connectivity index is 2.11. The van der Waals surface area contributed by atoms with Crippen LogP contribution in [0.1, 0.15) is 16.1 Å². The molecule has 8 heteroatoms. The SMILES string of the molecule is COP(=O)(Cc1ccc(-c2c(C(N)=O)oc3ccccc3c2=O)cc1)OC. The molecule has 7 nitrogen and oxygen atoms in total. The summed E-state index contributed by atoms with van der Waals surface area (Å²) in [5.74, 6) is -1.04. The number of benzene rings is 2. The highest BCUT2D eigenvalue weighted by molar-refractivity contribution is 7.52. The summed E-state index contributed by atoms with van der Waals surface area (Å²) in [6.45, 7) is 0. The van der Waals surface area contributed by atoms with Gasteiger partial charge in [0.15, 0.2) is 0 Å². The van der Waals surface area contributed by atoms with Crippen molar-refractivity contribution < 1.29 is 22.8 Å². The van der Waals surface area contributed by atoms with E-state index in [1.807, 2.05) is 0 Å². The third kappa shape index (κ3) is 3.71. The van der Waals surface area contributed by atoms with E-state index < -0.39 is 13.5 Å². The minimum atomic E-state index is -3.21. The highest BCUT2D eigenvalue weighted by Gasteiger charge is 2.23. The van der Waals surface area contributed by atoms with Gasteiger partial charge >= 0.3 is 7.60 Å². The molecule has 140 valence electrons. The molecule has 0 fully saturated rings. The van der Waals surface area contributed by atoms with Gasteiger partial charge in [-0.3, -0.25) is 14.2 Å². The summed E-state index contributed by atoms with van der Waals surface area (Å²) < 4.78 is 27.7. The molecule has 0 aliphatic heterocycles. The van der Waals surface area contributed by atoms with Gasteiger partial charge in [0.1, 0.15) is 5.58 Å². The lowest BCUT2D eigenvalue weighted by atomic mass is 10.0. The second-order valence-electron chi connectivity index (χ2n) is 5.83. The fourth-order valence-corrected chi connectivity index (χ4v) is 3.85. The molecule has 27 heavy (non-hydrogen) atoms. The lowest BCUT2D eigenvalue weighted by Gasteiger charge is -2.14. The Morgan fingerprint density at radius 1 is 1.07 bits per heavy atom. The van der Waals surface area contributed by atoms with Crippen LogP contribution >= 0.6 is 7.60 Å². The van der Waals surface area contributed by atoms with Crippen molar-refractivity contribution >= 4 is 24.5 Å². The number of para-hydroxylation sites is 1.